The maximum absolute atomic E-state index is 4.88. The summed E-state index contributed by atoms with van der Waals surface area (Å²) in [6.45, 7) is 9.68. The van der Waals surface area contributed by atoms with Crippen molar-refractivity contribution < 1.29 is 0 Å². The average molecular weight is 416 g/mol. The standard InChI is InChI=1S/C24H29N7/c1-5-17(4)23-25-22(31(28-23)15-16(2)3)14-18-10-12-19(13-11-18)20-8-6-7-9-21(20)24-26-29-30-27-24/h6-13,16-17H,5,14-15H2,1-4H3,(H,26,27,29,30). The van der Waals surface area contributed by atoms with Crippen molar-refractivity contribution >= 4 is 0 Å². The van der Waals surface area contributed by atoms with Crippen LogP contribution < -0.4 is 0 Å². The van der Waals surface area contributed by atoms with Gasteiger partial charge in [0.1, 0.15) is 5.82 Å². The van der Waals surface area contributed by atoms with Crippen LogP contribution in [0, 0.1) is 5.92 Å². The van der Waals surface area contributed by atoms with Gasteiger partial charge in [0.15, 0.2) is 5.82 Å². The van der Waals surface area contributed by atoms with E-state index in [-0.39, 0.29) is 0 Å². The zero-order chi connectivity index (χ0) is 21.8. The molecular formula is C24H29N7. The SMILES string of the molecule is CCC(C)c1nc(Cc2ccc(-c3ccccc3-c3nn[nH]n3)cc2)n(CC(C)C)n1. The average Bonchev–Trinajstić information content (AvgIpc) is 3.44. The minimum atomic E-state index is 0.371. The van der Waals surface area contributed by atoms with Gasteiger partial charge >= 0.3 is 0 Å². The van der Waals surface area contributed by atoms with Gasteiger partial charge in [0, 0.05) is 24.4 Å². The molecule has 1 N–H and O–H groups in total. The Morgan fingerprint density at radius 2 is 1.71 bits per heavy atom. The first-order valence-electron chi connectivity index (χ1n) is 10.9. The second kappa shape index (κ2) is 9.20. The van der Waals surface area contributed by atoms with Crippen molar-refractivity contribution in [3.8, 4) is 22.5 Å². The van der Waals surface area contributed by atoms with Gasteiger partial charge in [-0.25, -0.2) is 9.67 Å². The van der Waals surface area contributed by atoms with Crippen molar-refractivity contribution in [3.63, 3.8) is 0 Å². The second-order valence-corrected chi connectivity index (χ2v) is 8.43. The molecule has 0 aliphatic rings. The fourth-order valence-electron chi connectivity index (χ4n) is 3.60. The van der Waals surface area contributed by atoms with E-state index in [1.165, 1.54) is 5.56 Å². The Balaban J connectivity index is 1.60. The summed E-state index contributed by atoms with van der Waals surface area (Å²) in [4.78, 5) is 4.88. The fourth-order valence-corrected chi connectivity index (χ4v) is 3.60. The summed E-state index contributed by atoms with van der Waals surface area (Å²) in [6.07, 6.45) is 1.81. The maximum Gasteiger partial charge on any atom is 0.205 e. The molecular weight excluding hydrogens is 386 g/mol. The predicted molar refractivity (Wildman–Crippen MR) is 121 cm³/mol. The zero-order valence-electron chi connectivity index (χ0n) is 18.6. The van der Waals surface area contributed by atoms with Crippen LogP contribution in [-0.4, -0.2) is 35.4 Å². The van der Waals surface area contributed by atoms with E-state index in [2.05, 4.69) is 83.3 Å². The molecule has 0 aliphatic carbocycles. The number of hydrogen-bond acceptors (Lipinski definition) is 5. The van der Waals surface area contributed by atoms with Gasteiger partial charge in [0.25, 0.3) is 0 Å². The lowest BCUT2D eigenvalue weighted by atomic mass is 9.98. The molecule has 0 amide bonds. The Morgan fingerprint density at radius 1 is 0.968 bits per heavy atom. The van der Waals surface area contributed by atoms with Gasteiger partial charge in [0.05, 0.1) is 0 Å². The molecule has 0 bridgehead atoms. The van der Waals surface area contributed by atoms with Gasteiger partial charge in [-0.2, -0.15) is 10.3 Å². The molecule has 2 heterocycles. The van der Waals surface area contributed by atoms with E-state index >= 15 is 0 Å². The Morgan fingerprint density at radius 3 is 2.35 bits per heavy atom. The molecule has 0 saturated carbocycles. The number of aromatic nitrogens is 7. The summed E-state index contributed by atoms with van der Waals surface area (Å²) in [6, 6.07) is 16.7. The van der Waals surface area contributed by atoms with Crippen LogP contribution in [0.4, 0.5) is 0 Å². The highest BCUT2D eigenvalue weighted by Crippen LogP contribution is 2.30. The summed E-state index contributed by atoms with van der Waals surface area (Å²) in [7, 11) is 0. The molecule has 1 unspecified atom stereocenters. The third kappa shape index (κ3) is 4.71. The molecule has 0 aliphatic heterocycles. The molecule has 0 saturated heterocycles. The van der Waals surface area contributed by atoms with Crippen molar-refractivity contribution in [2.45, 2.75) is 53.0 Å². The van der Waals surface area contributed by atoms with E-state index in [9.17, 15) is 0 Å². The molecule has 31 heavy (non-hydrogen) atoms. The molecule has 7 nitrogen and oxygen atoms in total. The van der Waals surface area contributed by atoms with Gasteiger partial charge in [0.2, 0.25) is 5.82 Å². The number of benzene rings is 2. The monoisotopic (exact) mass is 415 g/mol. The summed E-state index contributed by atoms with van der Waals surface area (Å²) < 4.78 is 2.09. The first-order valence-corrected chi connectivity index (χ1v) is 10.9. The van der Waals surface area contributed by atoms with Gasteiger partial charge in [-0.05, 0) is 34.2 Å². The summed E-state index contributed by atoms with van der Waals surface area (Å²) >= 11 is 0. The molecule has 1 atom stereocenters. The molecule has 160 valence electrons. The molecule has 0 radical (unpaired) electrons. The number of hydrogen-bond donors (Lipinski definition) is 1. The van der Waals surface area contributed by atoms with Crippen LogP contribution in [0.15, 0.2) is 48.5 Å². The predicted octanol–water partition coefficient (Wildman–Crippen LogP) is 4.89. The summed E-state index contributed by atoms with van der Waals surface area (Å²) in [5.74, 6) is 3.47. The van der Waals surface area contributed by atoms with Crippen LogP contribution in [0.3, 0.4) is 0 Å². The van der Waals surface area contributed by atoms with Crippen molar-refractivity contribution in [1.29, 1.82) is 0 Å². The quantitative estimate of drug-likeness (QED) is 0.443. The van der Waals surface area contributed by atoms with Crippen LogP contribution in [0.2, 0.25) is 0 Å². The van der Waals surface area contributed by atoms with Crippen molar-refractivity contribution in [1.82, 2.24) is 35.4 Å². The van der Waals surface area contributed by atoms with E-state index in [0.717, 1.165) is 47.7 Å². The van der Waals surface area contributed by atoms with Gasteiger partial charge in [-0.15, -0.1) is 10.2 Å². The highest BCUT2D eigenvalue weighted by molar-refractivity contribution is 5.80. The number of nitrogens with one attached hydrogen (secondary N) is 1. The number of tetrazole rings is 1. The third-order valence-electron chi connectivity index (χ3n) is 5.50. The van der Waals surface area contributed by atoms with Crippen LogP contribution in [0.1, 0.15) is 57.2 Å². The summed E-state index contributed by atoms with van der Waals surface area (Å²) in [5.41, 5.74) is 4.37. The highest BCUT2D eigenvalue weighted by Gasteiger charge is 2.16. The van der Waals surface area contributed by atoms with Gasteiger partial charge in [-0.1, -0.05) is 76.2 Å². The molecule has 0 spiro atoms. The van der Waals surface area contributed by atoms with E-state index in [1.54, 1.807) is 0 Å². The second-order valence-electron chi connectivity index (χ2n) is 8.43. The lowest BCUT2D eigenvalue weighted by Gasteiger charge is -2.10. The fraction of sp³-hybridized carbons (Fsp3) is 0.375. The molecule has 7 heteroatoms. The minimum Gasteiger partial charge on any atom is -0.249 e. The number of nitrogens with zero attached hydrogens (tertiary/aromatic N) is 6. The molecule has 2 aromatic carbocycles. The minimum absolute atomic E-state index is 0.371. The van der Waals surface area contributed by atoms with Crippen molar-refractivity contribution in [3.05, 3.63) is 65.7 Å². The highest BCUT2D eigenvalue weighted by atomic mass is 15.5. The number of aromatic amines is 1. The van der Waals surface area contributed by atoms with Gasteiger partial charge in [-0.3, -0.25) is 0 Å². The first-order chi connectivity index (χ1) is 15.0. The Hall–Kier alpha value is -3.35. The molecule has 4 aromatic rings. The van der Waals surface area contributed by atoms with E-state index in [1.807, 2.05) is 18.2 Å². The van der Waals surface area contributed by atoms with E-state index < -0.39 is 0 Å². The van der Waals surface area contributed by atoms with Crippen LogP contribution >= 0.6 is 0 Å². The third-order valence-corrected chi connectivity index (χ3v) is 5.50. The first kappa shape index (κ1) is 20.9. The van der Waals surface area contributed by atoms with Crippen LogP contribution in [-0.2, 0) is 13.0 Å². The molecule has 0 fully saturated rings. The Bertz CT molecular complexity index is 1110. The van der Waals surface area contributed by atoms with Crippen molar-refractivity contribution in [2.75, 3.05) is 0 Å². The molecule has 4 rings (SSSR count). The normalized spacial score (nSPS) is 12.4. The van der Waals surface area contributed by atoms with E-state index in [4.69, 9.17) is 10.1 Å². The van der Waals surface area contributed by atoms with Crippen LogP contribution in [0.25, 0.3) is 22.5 Å². The Kier molecular flexibility index (Phi) is 6.21. The Labute approximate surface area is 182 Å². The lowest BCUT2D eigenvalue weighted by molar-refractivity contribution is 0.464. The van der Waals surface area contributed by atoms with Crippen LogP contribution in [0.5, 0.6) is 0 Å². The summed E-state index contributed by atoms with van der Waals surface area (Å²) in [5, 5.41) is 19.3. The van der Waals surface area contributed by atoms with E-state index in [0.29, 0.717) is 17.7 Å². The maximum atomic E-state index is 4.88. The lowest BCUT2D eigenvalue weighted by Crippen LogP contribution is -2.11. The number of rotatable bonds is 8. The van der Waals surface area contributed by atoms with Gasteiger partial charge < -0.3 is 0 Å². The smallest absolute Gasteiger partial charge is 0.205 e. The zero-order valence-corrected chi connectivity index (χ0v) is 18.6. The topological polar surface area (TPSA) is 85.2 Å². The van der Waals surface area contributed by atoms with Crippen molar-refractivity contribution in [2.24, 2.45) is 5.92 Å². The number of H-pyrrole nitrogens is 1. The molecule has 2 aromatic heterocycles. The largest absolute Gasteiger partial charge is 0.249 e.